The summed E-state index contributed by atoms with van der Waals surface area (Å²) in [5.74, 6) is -0.0966. The number of aromatic nitrogens is 1. The molecule has 4 rings (SSSR count). The van der Waals surface area contributed by atoms with Crippen LogP contribution in [0.5, 0.6) is 0 Å². The predicted octanol–water partition coefficient (Wildman–Crippen LogP) is 5.00. The summed E-state index contributed by atoms with van der Waals surface area (Å²) >= 11 is 3.05. The number of hydrogen-bond acceptors (Lipinski definition) is 6. The number of fused-ring (bicyclic) bond motifs is 1. The highest BCUT2D eigenvalue weighted by molar-refractivity contribution is 7.91. The maximum absolute atomic E-state index is 12.5. The van der Waals surface area contributed by atoms with Gasteiger partial charge in [-0.2, -0.15) is 0 Å². The molecular formula is C21H18N2O3S3. The van der Waals surface area contributed by atoms with Gasteiger partial charge in [-0.3, -0.25) is 4.79 Å². The molecule has 0 spiro atoms. The lowest BCUT2D eigenvalue weighted by molar-refractivity contribution is -0.115. The number of thiophene rings is 1. The van der Waals surface area contributed by atoms with Crippen LogP contribution < -0.4 is 5.32 Å². The normalized spacial score (nSPS) is 11.6. The topological polar surface area (TPSA) is 76.1 Å². The van der Waals surface area contributed by atoms with Gasteiger partial charge in [0.15, 0.2) is 9.84 Å². The lowest BCUT2D eigenvalue weighted by Gasteiger charge is -2.06. The third-order valence-electron chi connectivity index (χ3n) is 4.47. The second-order valence-electron chi connectivity index (χ2n) is 6.42. The molecule has 0 radical (unpaired) electrons. The van der Waals surface area contributed by atoms with E-state index in [-0.39, 0.29) is 23.0 Å². The molecule has 0 saturated carbocycles. The molecule has 2 aromatic heterocycles. The molecule has 0 atom stereocenters. The summed E-state index contributed by atoms with van der Waals surface area (Å²) in [4.78, 5) is 17.5. The van der Waals surface area contributed by atoms with Gasteiger partial charge in [0.05, 0.1) is 27.3 Å². The van der Waals surface area contributed by atoms with Crippen molar-refractivity contribution in [1.82, 2.24) is 4.98 Å². The lowest BCUT2D eigenvalue weighted by Crippen LogP contribution is -2.14. The first-order valence-corrected chi connectivity index (χ1v) is 12.4. The highest BCUT2D eigenvalue weighted by atomic mass is 32.2. The van der Waals surface area contributed by atoms with E-state index in [0.717, 1.165) is 31.4 Å². The molecule has 1 N–H and O–H groups in total. The first-order valence-electron chi connectivity index (χ1n) is 9.01. The van der Waals surface area contributed by atoms with E-state index in [1.165, 1.54) is 11.3 Å². The van der Waals surface area contributed by atoms with Crippen molar-refractivity contribution in [3.63, 3.8) is 0 Å². The fourth-order valence-electron chi connectivity index (χ4n) is 2.90. The number of nitrogens with one attached hydrogen (secondary N) is 1. The predicted molar refractivity (Wildman–Crippen MR) is 119 cm³/mol. The van der Waals surface area contributed by atoms with Crippen molar-refractivity contribution >= 4 is 53.6 Å². The third kappa shape index (κ3) is 4.24. The number of sulfone groups is 1. The number of rotatable bonds is 6. The minimum Gasteiger partial charge on any atom is -0.317 e. The smallest absolute Gasteiger partial charge is 0.229 e. The zero-order chi connectivity index (χ0) is 20.4. The highest BCUT2D eigenvalue weighted by Crippen LogP contribution is 2.37. The van der Waals surface area contributed by atoms with E-state index < -0.39 is 9.84 Å². The number of anilines is 1. The van der Waals surface area contributed by atoms with Gasteiger partial charge in [0.1, 0.15) is 10.0 Å². The van der Waals surface area contributed by atoms with Crippen LogP contribution in [0.25, 0.3) is 20.8 Å². The molecule has 0 aliphatic heterocycles. The van der Waals surface area contributed by atoms with Crippen molar-refractivity contribution in [2.75, 3.05) is 11.1 Å². The van der Waals surface area contributed by atoms with Gasteiger partial charge in [-0.25, -0.2) is 13.4 Å². The molecule has 0 aliphatic carbocycles. The second kappa shape index (κ2) is 8.06. The maximum Gasteiger partial charge on any atom is 0.229 e. The second-order valence-corrected chi connectivity index (χ2v) is 10.6. The molecule has 2 aromatic carbocycles. The van der Waals surface area contributed by atoms with Crippen molar-refractivity contribution in [2.45, 2.75) is 18.2 Å². The van der Waals surface area contributed by atoms with Crippen LogP contribution in [0.4, 0.5) is 5.00 Å². The van der Waals surface area contributed by atoms with Crippen LogP contribution in [-0.2, 0) is 21.1 Å². The first kappa shape index (κ1) is 19.8. The van der Waals surface area contributed by atoms with Gasteiger partial charge in [-0.05, 0) is 41.3 Å². The highest BCUT2D eigenvalue weighted by Gasteiger charge is 2.15. The minimum atomic E-state index is -3.24. The van der Waals surface area contributed by atoms with Crippen LogP contribution in [0.3, 0.4) is 0 Å². The number of para-hydroxylation sites is 1. The lowest BCUT2D eigenvalue weighted by atomic mass is 10.1. The van der Waals surface area contributed by atoms with E-state index in [0.29, 0.717) is 0 Å². The summed E-state index contributed by atoms with van der Waals surface area (Å²) < 4.78 is 24.9. The van der Waals surface area contributed by atoms with Crippen LogP contribution in [-0.4, -0.2) is 25.1 Å². The SMILES string of the molecule is CCS(=O)(=O)c1ccc(CC(=O)Nc2sccc2-c2nc3ccccc3s2)cc1. The number of thiazole rings is 1. The number of carbonyl (C=O) groups excluding carboxylic acids is 1. The van der Waals surface area contributed by atoms with E-state index in [1.54, 1.807) is 42.5 Å². The van der Waals surface area contributed by atoms with Crippen LogP contribution in [0.2, 0.25) is 0 Å². The molecule has 2 heterocycles. The number of amides is 1. The zero-order valence-corrected chi connectivity index (χ0v) is 18.0. The van der Waals surface area contributed by atoms with Crippen molar-refractivity contribution in [3.05, 3.63) is 65.5 Å². The molecule has 4 aromatic rings. The van der Waals surface area contributed by atoms with Crippen molar-refractivity contribution in [2.24, 2.45) is 0 Å². The standard InChI is InChI=1S/C21H18N2O3S3/c1-2-29(25,26)15-9-7-14(8-10-15)13-19(24)23-20-16(11-12-27-20)21-22-17-5-3-4-6-18(17)28-21/h3-12H,2,13H2,1H3,(H,23,24). The summed E-state index contributed by atoms with van der Waals surface area (Å²) in [5, 5.41) is 6.53. The van der Waals surface area contributed by atoms with Crippen LogP contribution >= 0.6 is 22.7 Å². The average molecular weight is 443 g/mol. The van der Waals surface area contributed by atoms with Gasteiger partial charge in [0, 0.05) is 5.56 Å². The third-order valence-corrected chi connectivity index (χ3v) is 8.12. The molecule has 0 aliphatic rings. The van der Waals surface area contributed by atoms with E-state index in [4.69, 9.17) is 0 Å². The molecule has 148 valence electrons. The zero-order valence-electron chi connectivity index (χ0n) is 15.6. The van der Waals surface area contributed by atoms with Crippen molar-refractivity contribution in [1.29, 1.82) is 0 Å². The fourth-order valence-corrected chi connectivity index (χ4v) is 5.65. The molecule has 0 fully saturated rings. The Morgan fingerprint density at radius 2 is 1.83 bits per heavy atom. The summed E-state index contributed by atoms with van der Waals surface area (Å²) in [7, 11) is -3.24. The Kier molecular flexibility index (Phi) is 5.49. The minimum absolute atomic E-state index is 0.0553. The summed E-state index contributed by atoms with van der Waals surface area (Å²) in [6.07, 6.45) is 0.170. The molecule has 1 amide bonds. The number of nitrogens with zero attached hydrogens (tertiary/aromatic N) is 1. The Bertz CT molecular complexity index is 1240. The molecular weight excluding hydrogens is 424 g/mol. The van der Waals surface area contributed by atoms with Crippen LogP contribution in [0.1, 0.15) is 12.5 Å². The monoisotopic (exact) mass is 442 g/mol. The van der Waals surface area contributed by atoms with Gasteiger partial charge in [-0.1, -0.05) is 31.2 Å². The Balaban J connectivity index is 1.49. The molecule has 5 nitrogen and oxygen atoms in total. The molecule has 0 unspecified atom stereocenters. The number of benzene rings is 2. The Hall–Kier alpha value is -2.55. The Morgan fingerprint density at radius 1 is 1.07 bits per heavy atom. The number of carbonyl (C=O) groups is 1. The number of hydrogen-bond donors (Lipinski definition) is 1. The molecule has 0 bridgehead atoms. The van der Waals surface area contributed by atoms with Crippen molar-refractivity contribution < 1.29 is 13.2 Å². The van der Waals surface area contributed by atoms with Gasteiger partial charge in [0.25, 0.3) is 0 Å². The molecule has 8 heteroatoms. The van der Waals surface area contributed by atoms with Crippen LogP contribution in [0, 0.1) is 0 Å². The Labute approximate surface area is 177 Å². The van der Waals surface area contributed by atoms with E-state index in [9.17, 15) is 13.2 Å². The van der Waals surface area contributed by atoms with Gasteiger partial charge >= 0.3 is 0 Å². The van der Waals surface area contributed by atoms with E-state index in [2.05, 4.69) is 10.3 Å². The molecule has 0 saturated heterocycles. The van der Waals surface area contributed by atoms with Gasteiger partial charge in [0.2, 0.25) is 5.91 Å². The summed E-state index contributed by atoms with van der Waals surface area (Å²) in [5.41, 5.74) is 2.61. The largest absolute Gasteiger partial charge is 0.317 e. The maximum atomic E-state index is 12.5. The fraction of sp³-hybridized carbons (Fsp3) is 0.143. The summed E-state index contributed by atoms with van der Waals surface area (Å²) in [6.45, 7) is 1.61. The van der Waals surface area contributed by atoms with Crippen molar-refractivity contribution in [3.8, 4) is 10.6 Å². The molecule has 29 heavy (non-hydrogen) atoms. The van der Waals surface area contributed by atoms with Gasteiger partial charge in [-0.15, -0.1) is 22.7 Å². The van der Waals surface area contributed by atoms with Gasteiger partial charge < -0.3 is 5.32 Å². The average Bonchev–Trinajstić information content (AvgIpc) is 3.34. The quantitative estimate of drug-likeness (QED) is 0.456. The Morgan fingerprint density at radius 3 is 2.55 bits per heavy atom. The van der Waals surface area contributed by atoms with E-state index in [1.807, 2.05) is 35.7 Å². The summed E-state index contributed by atoms with van der Waals surface area (Å²) in [6, 6.07) is 16.4. The first-order chi connectivity index (χ1) is 14.0. The van der Waals surface area contributed by atoms with Crippen LogP contribution in [0.15, 0.2) is 64.9 Å². The van der Waals surface area contributed by atoms with E-state index >= 15 is 0 Å².